The minimum Gasteiger partial charge on any atom is -0.409 e. The molecule has 1 aliphatic heterocycles. The molecule has 0 aromatic heterocycles. The van der Waals surface area contributed by atoms with Crippen molar-refractivity contribution < 1.29 is 14.8 Å². The topological polar surface area (TPSA) is 122 Å². The average Bonchev–Trinajstić information content (AvgIpc) is 2.43. The van der Waals surface area contributed by atoms with Gasteiger partial charge in [-0.1, -0.05) is 18.5 Å². The van der Waals surface area contributed by atoms with Gasteiger partial charge in [0.1, 0.15) is 6.04 Å². The Labute approximate surface area is 112 Å². The van der Waals surface area contributed by atoms with Crippen LogP contribution in [0.3, 0.4) is 0 Å². The summed E-state index contributed by atoms with van der Waals surface area (Å²) in [6, 6.07) is -0.577. The molecule has 2 unspecified atom stereocenters. The van der Waals surface area contributed by atoms with Crippen molar-refractivity contribution in [3.05, 3.63) is 0 Å². The van der Waals surface area contributed by atoms with Gasteiger partial charge in [-0.15, -0.1) is 0 Å². The predicted molar refractivity (Wildman–Crippen MR) is 70.4 cm³/mol. The third-order valence-electron chi connectivity index (χ3n) is 3.46. The molecule has 0 spiro atoms. The molecular weight excluding hydrogens is 248 g/mol. The van der Waals surface area contributed by atoms with Gasteiger partial charge in [0.25, 0.3) is 0 Å². The first-order valence-corrected chi connectivity index (χ1v) is 6.60. The van der Waals surface area contributed by atoms with Crippen LogP contribution in [0.25, 0.3) is 0 Å². The van der Waals surface area contributed by atoms with Gasteiger partial charge in [0.05, 0.1) is 5.92 Å². The number of hydrogen-bond acceptors (Lipinski definition) is 4. The summed E-state index contributed by atoms with van der Waals surface area (Å²) in [5, 5.41) is 11.7. The van der Waals surface area contributed by atoms with Crippen LogP contribution < -0.4 is 11.5 Å². The molecule has 19 heavy (non-hydrogen) atoms. The summed E-state index contributed by atoms with van der Waals surface area (Å²) in [4.78, 5) is 25.3. The summed E-state index contributed by atoms with van der Waals surface area (Å²) in [7, 11) is 0. The highest BCUT2D eigenvalue weighted by molar-refractivity contribution is 6.03. The summed E-state index contributed by atoms with van der Waals surface area (Å²) in [6.45, 7) is 2.40. The number of piperidine rings is 1. The molecule has 1 heterocycles. The smallest absolute Gasteiger partial charge is 0.240 e. The van der Waals surface area contributed by atoms with Crippen LogP contribution >= 0.6 is 0 Å². The summed E-state index contributed by atoms with van der Waals surface area (Å²) >= 11 is 0. The van der Waals surface area contributed by atoms with Crippen molar-refractivity contribution >= 4 is 17.6 Å². The van der Waals surface area contributed by atoms with E-state index in [1.54, 1.807) is 0 Å². The largest absolute Gasteiger partial charge is 0.409 e. The van der Waals surface area contributed by atoms with E-state index in [2.05, 4.69) is 5.16 Å². The van der Waals surface area contributed by atoms with Crippen molar-refractivity contribution in [3.8, 4) is 0 Å². The van der Waals surface area contributed by atoms with Gasteiger partial charge in [0, 0.05) is 6.54 Å². The molecule has 1 fully saturated rings. The highest BCUT2D eigenvalue weighted by Crippen LogP contribution is 2.21. The molecule has 1 aliphatic rings. The highest BCUT2D eigenvalue weighted by Gasteiger charge is 2.35. The Balaban J connectivity index is 2.90. The Hall–Kier alpha value is -1.79. The fraction of sp³-hybridized carbons (Fsp3) is 0.750. The van der Waals surface area contributed by atoms with Crippen molar-refractivity contribution in [3.63, 3.8) is 0 Å². The van der Waals surface area contributed by atoms with Gasteiger partial charge in [-0.05, 0) is 25.7 Å². The molecule has 0 saturated carbocycles. The van der Waals surface area contributed by atoms with Crippen LogP contribution in [-0.4, -0.2) is 40.3 Å². The van der Waals surface area contributed by atoms with Gasteiger partial charge in [-0.3, -0.25) is 9.59 Å². The molecule has 0 aromatic rings. The van der Waals surface area contributed by atoms with Crippen molar-refractivity contribution in [2.45, 2.75) is 45.1 Å². The number of oxime groups is 1. The van der Waals surface area contributed by atoms with Gasteiger partial charge >= 0.3 is 0 Å². The first-order valence-electron chi connectivity index (χ1n) is 6.60. The quantitative estimate of drug-likeness (QED) is 0.282. The van der Waals surface area contributed by atoms with Crippen LogP contribution in [0.2, 0.25) is 0 Å². The maximum absolute atomic E-state index is 12.4. The fourth-order valence-electron chi connectivity index (χ4n) is 2.45. The molecule has 2 amide bonds. The Morgan fingerprint density at radius 1 is 1.42 bits per heavy atom. The first-order chi connectivity index (χ1) is 9.02. The molecule has 7 heteroatoms. The molecule has 7 nitrogen and oxygen atoms in total. The van der Waals surface area contributed by atoms with Crippen molar-refractivity contribution in [2.75, 3.05) is 6.54 Å². The molecular formula is C12H22N4O3. The molecule has 1 saturated heterocycles. The van der Waals surface area contributed by atoms with Crippen LogP contribution in [0.1, 0.15) is 39.0 Å². The number of hydrogen-bond donors (Lipinski definition) is 3. The second-order valence-electron chi connectivity index (χ2n) is 4.81. The molecule has 0 aromatic carbocycles. The fourth-order valence-corrected chi connectivity index (χ4v) is 2.45. The summed E-state index contributed by atoms with van der Waals surface area (Å²) < 4.78 is 0. The number of likely N-dealkylation sites (tertiary alicyclic amines) is 1. The Kier molecular flexibility index (Phi) is 5.59. The number of primary amides is 1. The van der Waals surface area contributed by atoms with Crippen LogP contribution in [0, 0.1) is 5.92 Å². The van der Waals surface area contributed by atoms with Gasteiger partial charge in [0.15, 0.2) is 5.84 Å². The van der Waals surface area contributed by atoms with Gasteiger partial charge < -0.3 is 21.6 Å². The lowest BCUT2D eigenvalue weighted by Gasteiger charge is -2.35. The zero-order valence-corrected chi connectivity index (χ0v) is 11.2. The van der Waals surface area contributed by atoms with Crippen LogP contribution in [0.15, 0.2) is 5.16 Å². The minimum absolute atomic E-state index is 0.111. The second-order valence-corrected chi connectivity index (χ2v) is 4.81. The monoisotopic (exact) mass is 270 g/mol. The Morgan fingerprint density at radius 2 is 2.11 bits per heavy atom. The number of amides is 2. The molecule has 2 atom stereocenters. The molecule has 0 radical (unpaired) electrons. The average molecular weight is 270 g/mol. The zero-order valence-electron chi connectivity index (χ0n) is 11.2. The standard InChI is InChI=1S/C12H22N4O3/c1-2-5-8(10(13)15-19)12(18)16-7-4-3-6-9(16)11(14)17/h8-9,19H,2-7H2,1H3,(H2,13,15)(H2,14,17). The maximum atomic E-state index is 12.4. The molecule has 1 rings (SSSR count). The van der Waals surface area contributed by atoms with E-state index in [0.717, 1.165) is 19.3 Å². The van der Waals surface area contributed by atoms with Gasteiger partial charge in [-0.25, -0.2) is 0 Å². The predicted octanol–water partition coefficient (Wildman–Crippen LogP) is 0.0155. The summed E-state index contributed by atoms with van der Waals surface area (Å²) in [6.07, 6.45) is 3.50. The number of carbonyl (C=O) groups excluding carboxylic acids is 2. The van der Waals surface area contributed by atoms with E-state index in [-0.39, 0.29) is 11.7 Å². The van der Waals surface area contributed by atoms with E-state index in [1.165, 1.54) is 4.90 Å². The van der Waals surface area contributed by atoms with Gasteiger partial charge in [0.2, 0.25) is 11.8 Å². The lowest BCUT2D eigenvalue weighted by Crippen LogP contribution is -2.53. The van der Waals surface area contributed by atoms with E-state index in [1.807, 2.05) is 6.92 Å². The van der Waals surface area contributed by atoms with E-state index in [4.69, 9.17) is 16.7 Å². The Morgan fingerprint density at radius 3 is 2.63 bits per heavy atom. The third kappa shape index (κ3) is 3.59. The normalized spacial score (nSPS) is 22.1. The van der Waals surface area contributed by atoms with Crippen LogP contribution in [0.4, 0.5) is 0 Å². The second kappa shape index (κ2) is 6.96. The minimum atomic E-state index is -0.685. The molecule has 5 N–H and O–H groups in total. The number of nitrogens with two attached hydrogens (primary N) is 2. The Bertz CT molecular complexity index is 370. The SMILES string of the molecule is CCCC(C(=O)N1CCCCC1C(N)=O)C(N)=NO. The van der Waals surface area contributed by atoms with Crippen LogP contribution in [0.5, 0.6) is 0 Å². The molecule has 0 bridgehead atoms. The summed E-state index contributed by atoms with van der Waals surface area (Å²) in [5.41, 5.74) is 10.9. The lowest BCUT2D eigenvalue weighted by molar-refractivity contribution is -0.142. The first kappa shape index (κ1) is 15.3. The van der Waals surface area contributed by atoms with Crippen LogP contribution in [-0.2, 0) is 9.59 Å². The lowest BCUT2D eigenvalue weighted by atomic mass is 9.95. The van der Waals surface area contributed by atoms with E-state index in [0.29, 0.717) is 19.4 Å². The number of carbonyl (C=O) groups is 2. The van der Waals surface area contributed by atoms with Gasteiger partial charge in [-0.2, -0.15) is 0 Å². The third-order valence-corrected chi connectivity index (χ3v) is 3.46. The zero-order chi connectivity index (χ0) is 14.4. The van der Waals surface area contributed by atoms with Crippen molar-refractivity contribution in [1.82, 2.24) is 4.90 Å². The van der Waals surface area contributed by atoms with E-state index < -0.39 is 17.9 Å². The molecule has 108 valence electrons. The number of rotatable bonds is 5. The van der Waals surface area contributed by atoms with Crippen molar-refractivity contribution in [1.29, 1.82) is 0 Å². The number of amidine groups is 1. The maximum Gasteiger partial charge on any atom is 0.240 e. The summed E-state index contributed by atoms with van der Waals surface area (Å²) in [5.74, 6) is -1.57. The van der Waals surface area contributed by atoms with E-state index >= 15 is 0 Å². The van der Waals surface area contributed by atoms with E-state index in [9.17, 15) is 9.59 Å². The molecule has 0 aliphatic carbocycles. The van der Waals surface area contributed by atoms with Crippen molar-refractivity contribution in [2.24, 2.45) is 22.5 Å². The highest BCUT2D eigenvalue weighted by atomic mass is 16.4. The number of nitrogens with zero attached hydrogens (tertiary/aromatic N) is 2.